The molecule has 0 N–H and O–H groups in total. The molecule has 0 amide bonds. The third-order valence-corrected chi connectivity index (χ3v) is 5.15. The highest BCUT2D eigenvalue weighted by Gasteiger charge is 2.59. The van der Waals surface area contributed by atoms with Crippen LogP contribution in [-0.2, 0) is 14.4 Å². The van der Waals surface area contributed by atoms with Crippen molar-refractivity contribution in [3.05, 3.63) is 81.9 Å². The molecule has 0 aromatic heterocycles. The number of benzene rings is 2. The van der Waals surface area contributed by atoms with Gasteiger partial charge in [0.1, 0.15) is 6.04 Å². The van der Waals surface area contributed by atoms with Crippen LogP contribution < -0.4 is 0 Å². The third-order valence-electron chi connectivity index (χ3n) is 5.15. The van der Waals surface area contributed by atoms with Gasteiger partial charge in [-0.2, -0.15) is 0 Å². The van der Waals surface area contributed by atoms with Crippen molar-refractivity contribution in [1.29, 1.82) is 0 Å². The summed E-state index contributed by atoms with van der Waals surface area (Å²) in [6.07, 6.45) is -0.676. The van der Waals surface area contributed by atoms with E-state index >= 15 is 0 Å². The van der Waals surface area contributed by atoms with Crippen molar-refractivity contribution in [2.45, 2.75) is 43.7 Å². The molecule has 2 aliphatic rings. The van der Waals surface area contributed by atoms with Gasteiger partial charge in [0.15, 0.2) is 12.4 Å². The van der Waals surface area contributed by atoms with E-state index in [4.69, 9.17) is 14.4 Å². The molecule has 7 heteroatoms. The Labute approximate surface area is 157 Å². The maximum absolute atomic E-state index is 12.0. The Balaban J connectivity index is 1.72. The summed E-state index contributed by atoms with van der Waals surface area (Å²) in [6, 6.07) is 17.6. The minimum atomic E-state index is -0.944. The number of ether oxygens (including phenoxy) is 1. The lowest BCUT2D eigenvalue weighted by Gasteiger charge is -2.37. The predicted octanol–water partition coefficient (Wildman–Crippen LogP) is 3.47. The first-order chi connectivity index (χ1) is 13.2. The SMILES string of the molecule is CCO[C@H]1C[C@@H](c2ccccc2)C2C([N+](=O)[O-])C(c3ccccc3)ON2O1. The Morgan fingerprint density at radius 3 is 2.30 bits per heavy atom. The molecule has 2 fully saturated rings. The van der Waals surface area contributed by atoms with E-state index in [9.17, 15) is 10.1 Å². The fourth-order valence-corrected chi connectivity index (χ4v) is 3.99. The maximum Gasteiger partial charge on any atom is 0.265 e. The Morgan fingerprint density at radius 2 is 1.70 bits per heavy atom. The van der Waals surface area contributed by atoms with Crippen LogP contribution in [0, 0.1) is 10.1 Å². The summed E-state index contributed by atoms with van der Waals surface area (Å²) in [5, 5.41) is 13.3. The molecule has 5 atom stereocenters. The molecule has 2 aliphatic heterocycles. The number of hydroxylamine groups is 2. The summed E-state index contributed by atoms with van der Waals surface area (Å²) in [4.78, 5) is 23.6. The van der Waals surface area contributed by atoms with Crippen LogP contribution >= 0.6 is 0 Å². The number of rotatable bonds is 5. The van der Waals surface area contributed by atoms with E-state index in [1.54, 1.807) is 0 Å². The zero-order valence-corrected chi connectivity index (χ0v) is 15.0. The second-order valence-electron chi connectivity index (χ2n) is 6.73. The summed E-state index contributed by atoms with van der Waals surface area (Å²) >= 11 is 0. The second kappa shape index (κ2) is 7.74. The Bertz CT molecular complexity index is 772. The molecule has 7 nitrogen and oxygen atoms in total. The van der Waals surface area contributed by atoms with Crippen molar-refractivity contribution in [3.63, 3.8) is 0 Å². The molecule has 27 heavy (non-hydrogen) atoms. The molecule has 2 aromatic rings. The normalized spacial score (nSPS) is 30.8. The topological polar surface area (TPSA) is 74.1 Å². The summed E-state index contributed by atoms with van der Waals surface area (Å²) in [6.45, 7) is 2.38. The van der Waals surface area contributed by atoms with Gasteiger partial charge in [-0.25, -0.2) is 4.84 Å². The molecular weight excluding hydrogens is 348 g/mol. The van der Waals surface area contributed by atoms with Crippen molar-refractivity contribution in [1.82, 2.24) is 5.23 Å². The number of nitro groups is 1. The van der Waals surface area contributed by atoms with E-state index in [-0.39, 0.29) is 10.8 Å². The van der Waals surface area contributed by atoms with Gasteiger partial charge in [0.05, 0.1) is 0 Å². The van der Waals surface area contributed by atoms with Gasteiger partial charge in [-0.1, -0.05) is 65.9 Å². The van der Waals surface area contributed by atoms with Gasteiger partial charge in [-0.3, -0.25) is 15.0 Å². The molecule has 0 radical (unpaired) electrons. The van der Waals surface area contributed by atoms with Crippen LogP contribution in [0.3, 0.4) is 0 Å². The first-order valence-electron chi connectivity index (χ1n) is 9.16. The van der Waals surface area contributed by atoms with Crippen molar-refractivity contribution < 1.29 is 19.3 Å². The van der Waals surface area contributed by atoms with E-state index in [1.165, 1.54) is 5.23 Å². The van der Waals surface area contributed by atoms with E-state index < -0.39 is 24.5 Å². The van der Waals surface area contributed by atoms with Crippen molar-refractivity contribution in [2.24, 2.45) is 0 Å². The van der Waals surface area contributed by atoms with Gasteiger partial charge in [0.2, 0.25) is 0 Å². The third kappa shape index (κ3) is 3.46. The lowest BCUT2D eigenvalue weighted by Crippen LogP contribution is -2.50. The smallest absolute Gasteiger partial charge is 0.265 e. The Morgan fingerprint density at radius 1 is 1.07 bits per heavy atom. The summed E-state index contributed by atoms with van der Waals surface area (Å²) < 4.78 is 5.67. The van der Waals surface area contributed by atoms with E-state index in [2.05, 4.69) is 0 Å². The maximum atomic E-state index is 12.0. The molecule has 0 saturated carbocycles. The molecule has 142 valence electrons. The van der Waals surface area contributed by atoms with Crippen LogP contribution in [-0.4, -0.2) is 35.1 Å². The number of nitrogens with zero attached hydrogens (tertiary/aromatic N) is 2. The summed E-state index contributed by atoms with van der Waals surface area (Å²) in [7, 11) is 0. The fraction of sp³-hybridized carbons (Fsp3) is 0.400. The molecule has 3 unspecified atom stereocenters. The standard InChI is InChI=1S/C20H22N2O5/c1-2-25-17-13-16(14-9-5-3-6-10-14)18-19(21(23)24)20(27-22(18)26-17)15-11-7-4-8-12-15/h3-12,16-20H,2,13H2,1H3/t16-,17+,18?,19?,20?/m0/s1. The highest BCUT2D eigenvalue weighted by molar-refractivity contribution is 5.26. The highest BCUT2D eigenvalue weighted by Crippen LogP contribution is 2.46. The molecule has 2 heterocycles. The highest BCUT2D eigenvalue weighted by atomic mass is 17.0. The van der Waals surface area contributed by atoms with Crippen molar-refractivity contribution >= 4 is 0 Å². The fourth-order valence-electron chi connectivity index (χ4n) is 3.99. The first kappa shape index (κ1) is 18.1. The number of fused-ring (bicyclic) bond motifs is 1. The van der Waals surface area contributed by atoms with Gasteiger partial charge >= 0.3 is 0 Å². The van der Waals surface area contributed by atoms with Crippen LogP contribution in [0.1, 0.15) is 36.5 Å². The summed E-state index contributed by atoms with van der Waals surface area (Å²) in [5.41, 5.74) is 1.78. The van der Waals surface area contributed by atoms with Gasteiger partial charge in [-0.15, -0.1) is 0 Å². The minimum Gasteiger partial charge on any atom is -0.351 e. The number of hydrogen-bond acceptors (Lipinski definition) is 6. The van der Waals surface area contributed by atoms with Gasteiger partial charge in [0.25, 0.3) is 6.04 Å². The van der Waals surface area contributed by atoms with Gasteiger partial charge < -0.3 is 4.74 Å². The minimum absolute atomic E-state index is 0.138. The Hall–Kier alpha value is -2.32. The monoisotopic (exact) mass is 370 g/mol. The van der Waals surface area contributed by atoms with Crippen LogP contribution in [0.5, 0.6) is 0 Å². The van der Waals surface area contributed by atoms with Crippen LogP contribution in [0.4, 0.5) is 0 Å². The molecule has 0 aliphatic carbocycles. The molecule has 2 aromatic carbocycles. The quantitative estimate of drug-likeness (QED) is 0.593. The largest absolute Gasteiger partial charge is 0.351 e. The van der Waals surface area contributed by atoms with Crippen LogP contribution in [0.2, 0.25) is 0 Å². The molecular formula is C20H22N2O5. The van der Waals surface area contributed by atoms with Crippen molar-refractivity contribution in [3.8, 4) is 0 Å². The Kier molecular flexibility index (Phi) is 5.18. The zero-order chi connectivity index (χ0) is 18.8. The van der Waals surface area contributed by atoms with Gasteiger partial charge in [-0.05, 0) is 18.1 Å². The van der Waals surface area contributed by atoms with Gasteiger partial charge in [0, 0.05) is 23.9 Å². The predicted molar refractivity (Wildman–Crippen MR) is 97.0 cm³/mol. The van der Waals surface area contributed by atoms with Crippen LogP contribution in [0.15, 0.2) is 60.7 Å². The molecule has 0 spiro atoms. The lowest BCUT2D eigenvalue weighted by molar-refractivity contribution is -0.533. The average molecular weight is 370 g/mol. The van der Waals surface area contributed by atoms with Crippen LogP contribution in [0.25, 0.3) is 0 Å². The average Bonchev–Trinajstić information content (AvgIpc) is 3.09. The lowest BCUT2D eigenvalue weighted by atomic mass is 9.82. The second-order valence-corrected chi connectivity index (χ2v) is 6.73. The van der Waals surface area contributed by atoms with E-state index in [0.717, 1.165) is 11.1 Å². The zero-order valence-electron chi connectivity index (χ0n) is 15.0. The molecule has 0 bridgehead atoms. The van der Waals surface area contributed by atoms with E-state index in [1.807, 2.05) is 67.6 Å². The van der Waals surface area contributed by atoms with Crippen molar-refractivity contribution in [2.75, 3.05) is 6.61 Å². The number of hydrogen-bond donors (Lipinski definition) is 0. The molecule has 4 rings (SSSR count). The van der Waals surface area contributed by atoms with E-state index in [0.29, 0.717) is 13.0 Å². The summed E-state index contributed by atoms with van der Waals surface area (Å²) in [5.74, 6) is -0.138. The molecule has 2 saturated heterocycles. The first-order valence-corrected chi connectivity index (χ1v) is 9.16.